The molecule has 4 rings (SSSR count). The maximum absolute atomic E-state index is 12.1. The Bertz CT molecular complexity index is 1320. The van der Waals surface area contributed by atoms with Gasteiger partial charge in [0.1, 0.15) is 0 Å². The summed E-state index contributed by atoms with van der Waals surface area (Å²) in [6.45, 7) is 0.474. The van der Waals surface area contributed by atoms with Crippen LogP contribution in [0.3, 0.4) is 0 Å². The van der Waals surface area contributed by atoms with Crippen molar-refractivity contribution in [3.63, 3.8) is 0 Å². The van der Waals surface area contributed by atoms with E-state index in [1.165, 1.54) is 16.9 Å². The highest BCUT2D eigenvalue weighted by molar-refractivity contribution is 7.90. The van der Waals surface area contributed by atoms with Crippen molar-refractivity contribution in [3.05, 3.63) is 78.4 Å². The lowest BCUT2D eigenvalue weighted by atomic mass is 10.0. The second-order valence-corrected chi connectivity index (χ2v) is 8.30. The number of nitrogens with one attached hydrogen (secondary N) is 1. The van der Waals surface area contributed by atoms with Crippen molar-refractivity contribution in [2.24, 2.45) is 15.9 Å². The van der Waals surface area contributed by atoms with Crippen molar-refractivity contribution < 1.29 is 18.4 Å². The van der Waals surface area contributed by atoms with E-state index in [1.807, 2.05) is 48.5 Å². The first-order valence-electron chi connectivity index (χ1n) is 9.10. The van der Waals surface area contributed by atoms with Gasteiger partial charge in [0.2, 0.25) is 5.96 Å². The maximum Gasteiger partial charge on any atom is 0.285 e. The van der Waals surface area contributed by atoms with Gasteiger partial charge in [0.15, 0.2) is 0 Å². The molecule has 0 aliphatic heterocycles. The van der Waals surface area contributed by atoms with Gasteiger partial charge in [-0.1, -0.05) is 24.3 Å². The standard InChI is InChI=1S/C21H20N5O3S/c22-21(23)25-30(28,29)15-11-9-14(10-12-15)24-13-18-16-5-1-3-7-19(16)26(27)20-8-4-2-6-17(18)20/h1-12,24,27H,13H2,(H4,22,23,25)/q+1. The molecule has 0 saturated carbocycles. The summed E-state index contributed by atoms with van der Waals surface area (Å²) in [5.74, 6) is -0.513. The van der Waals surface area contributed by atoms with Crippen molar-refractivity contribution in [1.29, 1.82) is 0 Å². The van der Waals surface area contributed by atoms with Gasteiger partial charge in [0, 0.05) is 29.1 Å². The van der Waals surface area contributed by atoms with E-state index in [-0.39, 0.29) is 4.90 Å². The Hall–Kier alpha value is -3.85. The summed E-state index contributed by atoms with van der Waals surface area (Å²) in [6.07, 6.45) is 0. The second kappa shape index (κ2) is 7.53. The number of anilines is 1. The smallest absolute Gasteiger partial charge is 0.285 e. The SMILES string of the molecule is NC(N)=NS(=O)(=O)c1ccc(NCc2c3ccccc3[n+](O)c3ccccc23)cc1. The lowest BCUT2D eigenvalue weighted by Crippen LogP contribution is -2.32. The summed E-state index contributed by atoms with van der Waals surface area (Å²) in [5, 5.41) is 15.7. The Balaban J connectivity index is 1.69. The van der Waals surface area contributed by atoms with Crippen LogP contribution in [-0.4, -0.2) is 19.6 Å². The Morgan fingerprint density at radius 2 is 1.43 bits per heavy atom. The van der Waals surface area contributed by atoms with Gasteiger partial charge in [-0.2, -0.15) is 8.42 Å². The van der Waals surface area contributed by atoms with Crippen molar-refractivity contribution in [3.8, 4) is 0 Å². The molecule has 8 nitrogen and oxygen atoms in total. The number of hydrogen-bond donors (Lipinski definition) is 4. The number of para-hydroxylation sites is 2. The van der Waals surface area contributed by atoms with E-state index in [0.29, 0.717) is 17.6 Å². The van der Waals surface area contributed by atoms with Crippen LogP contribution in [-0.2, 0) is 16.6 Å². The molecule has 0 amide bonds. The Morgan fingerprint density at radius 3 is 1.97 bits per heavy atom. The number of sulfonamides is 1. The van der Waals surface area contributed by atoms with Gasteiger partial charge in [-0.15, -0.1) is 4.40 Å². The van der Waals surface area contributed by atoms with E-state index in [0.717, 1.165) is 22.0 Å². The van der Waals surface area contributed by atoms with Gasteiger partial charge in [-0.05, 0) is 42.0 Å². The molecule has 0 radical (unpaired) electrons. The molecule has 0 atom stereocenters. The van der Waals surface area contributed by atoms with Crippen molar-refractivity contribution in [2.45, 2.75) is 11.4 Å². The van der Waals surface area contributed by atoms with Gasteiger partial charge in [-0.3, -0.25) is 5.21 Å². The van der Waals surface area contributed by atoms with Crippen LogP contribution in [0.25, 0.3) is 21.8 Å². The highest BCUT2D eigenvalue weighted by atomic mass is 32.2. The summed E-state index contributed by atoms with van der Waals surface area (Å²) >= 11 is 0. The first kappa shape index (κ1) is 19.5. The fraction of sp³-hybridized carbons (Fsp3) is 0.0476. The van der Waals surface area contributed by atoms with E-state index >= 15 is 0 Å². The summed E-state index contributed by atoms with van der Waals surface area (Å²) < 4.78 is 28.6. The Morgan fingerprint density at radius 1 is 0.900 bits per heavy atom. The molecule has 0 saturated heterocycles. The van der Waals surface area contributed by atoms with Gasteiger partial charge < -0.3 is 16.8 Å². The number of rotatable bonds is 5. The van der Waals surface area contributed by atoms with Crippen LogP contribution in [0.15, 0.2) is 82.1 Å². The fourth-order valence-corrected chi connectivity index (χ4v) is 4.28. The molecule has 0 unspecified atom stereocenters. The summed E-state index contributed by atoms with van der Waals surface area (Å²) in [5.41, 5.74) is 13.5. The van der Waals surface area contributed by atoms with Crippen LogP contribution in [0.5, 0.6) is 0 Å². The molecule has 3 aromatic carbocycles. The molecule has 1 aromatic heterocycles. The topological polar surface area (TPSA) is 135 Å². The van der Waals surface area contributed by atoms with E-state index in [9.17, 15) is 13.6 Å². The van der Waals surface area contributed by atoms with Gasteiger partial charge in [-0.25, -0.2) is 0 Å². The third-order valence-electron chi connectivity index (χ3n) is 4.76. The normalized spacial score (nSPS) is 11.5. The monoisotopic (exact) mass is 422 g/mol. The number of fused-ring (bicyclic) bond motifs is 2. The highest BCUT2D eigenvalue weighted by Gasteiger charge is 2.19. The molecule has 0 aliphatic rings. The maximum atomic E-state index is 12.1. The number of hydrogen-bond acceptors (Lipinski definition) is 4. The molecule has 30 heavy (non-hydrogen) atoms. The predicted molar refractivity (Wildman–Crippen MR) is 116 cm³/mol. The third-order valence-corrected chi connectivity index (χ3v) is 6.08. The van der Waals surface area contributed by atoms with Gasteiger partial charge in [0.05, 0.1) is 15.7 Å². The van der Waals surface area contributed by atoms with Crippen LogP contribution in [0.1, 0.15) is 5.56 Å². The van der Waals surface area contributed by atoms with E-state index in [1.54, 1.807) is 12.1 Å². The quantitative estimate of drug-likeness (QED) is 0.128. The molecule has 9 heteroatoms. The van der Waals surface area contributed by atoms with Crippen LogP contribution < -0.4 is 21.5 Å². The highest BCUT2D eigenvalue weighted by Crippen LogP contribution is 2.26. The number of nitrogens with two attached hydrogens (primary N) is 2. The number of aromatic nitrogens is 1. The fourth-order valence-electron chi connectivity index (χ4n) is 3.42. The van der Waals surface area contributed by atoms with Crippen LogP contribution in [0.4, 0.5) is 5.69 Å². The minimum Gasteiger partial charge on any atom is -0.381 e. The average molecular weight is 422 g/mol. The summed E-state index contributed by atoms with van der Waals surface area (Å²) in [7, 11) is -3.93. The first-order valence-corrected chi connectivity index (χ1v) is 10.5. The lowest BCUT2D eigenvalue weighted by molar-refractivity contribution is -0.864. The second-order valence-electron chi connectivity index (χ2n) is 6.69. The number of pyridine rings is 1. The van der Waals surface area contributed by atoms with Crippen LogP contribution in [0.2, 0.25) is 0 Å². The molecular formula is C21H20N5O3S+. The van der Waals surface area contributed by atoms with Crippen molar-refractivity contribution in [2.75, 3.05) is 5.32 Å². The molecule has 6 N–H and O–H groups in total. The zero-order valence-electron chi connectivity index (χ0n) is 15.9. The van der Waals surface area contributed by atoms with Crippen molar-refractivity contribution >= 4 is 43.5 Å². The van der Waals surface area contributed by atoms with Crippen molar-refractivity contribution in [1.82, 2.24) is 0 Å². The largest absolute Gasteiger partial charge is 0.381 e. The zero-order chi connectivity index (χ0) is 21.3. The predicted octanol–water partition coefficient (Wildman–Crippen LogP) is 2.09. The molecular weight excluding hydrogens is 402 g/mol. The number of benzene rings is 3. The van der Waals surface area contributed by atoms with Crippen LogP contribution >= 0.6 is 0 Å². The average Bonchev–Trinajstić information content (AvgIpc) is 2.73. The van der Waals surface area contributed by atoms with Gasteiger partial charge >= 0.3 is 0 Å². The first-order chi connectivity index (χ1) is 14.4. The zero-order valence-corrected chi connectivity index (χ0v) is 16.7. The number of guanidine groups is 1. The van der Waals surface area contributed by atoms with Crippen LogP contribution in [0, 0.1) is 0 Å². The Labute approximate surface area is 173 Å². The lowest BCUT2D eigenvalue weighted by Gasteiger charge is -2.11. The summed E-state index contributed by atoms with van der Waals surface area (Å²) in [6, 6.07) is 21.4. The number of nitrogens with zero attached hydrogens (tertiary/aromatic N) is 2. The van der Waals surface area contributed by atoms with E-state index in [4.69, 9.17) is 11.5 Å². The molecule has 4 aromatic rings. The molecule has 0 fully saturated rings. The summed E-state index contributed by atoms with van der Waals surface area (Å²) in [4.78, 5) is -0.00150. The molecule has 0 spiro atoms. The van der Waals surface area contributed by atoms with Gasteiger partial charge in [0.25, 0.3) is 21.1 Å². The molecule has 0 bridgehead atoms. The molecule has 152 valence electrons. The van der Waals surface area contributed by atoms with E-state index in [2.05, 4.69) is 9.71 Å². The molecule has 0 aliphatic carbocycles. The minimum absolute atomic E-state index is 0.00150. The molecule has 1 heterocycles. The van der Waals surface area contributed by atoms with E-state index < -0.39 is 16.0 Å². The Kier molecular flexibility index (Phi) is 4.88. The third kappa shape index (κ3) is 3.58. The minimum atomic E-state index is -3.93.